The largest absolute Gasteiger partial charge is 0.489 e. The van der Waals surface area contributed by atoms with Gasteiger partial charge in [-0.15, -0.1) is 0 Å². The predicted molar refractivity (Wildman–Crippen MR) is 78.0 cm³/mol. The number of aromatic nitrogens is 4. The zero-order valence-corrected chi connectivity index (χ0v) is 12.6. The maximum absolute atomic E-state index is 6.19. The Bertz CT molecular complexity index is 570. The van der Waals surface area contributed by atoms with Gasteiger partial charge in [0, 0.05) is 13.1 Å². The molecule has 0 aliphatic rings. The van der Waals surface area contributed by atoms with Gasteiger partial charge in [0.1, 0.15) is 5.75 Å². The van der Waals surface area contributed by atoms with Crippen LogP contribution in [-0.4, -0.2) is 26.3 Å². The summed E-state index contributed by atoms with van der Waals surface area (Å²) in [5.74, 6) is 1.34. The van der Waals surface area contributed by atoms with E-state index in [1.165, 1.54) is 0 Å². The van der Waals surface area contributed by atoms with E-state index in [0.717, 1.165) is 12.1 Å². The van der Waals surface area contributed by atoms with E-state index >= 15 is 0 Å². The molecule has 1 heterocycles. The average Bonchev–Trinajstić information content (AvgIpc) is 2.86. The molecule has 0 radical (unpaired) electrons. The molecule has 7 heteroatoms. The standard InChI is InChI=1S/C13H18ClN5O/c1-4-19-13(16-17-18-19)15-8-10-5-6-12(11(14)7-10)20-9(2)3/h5-7,9H,4,8H2,1-3H3,(H,15,16,18). The van der Waals surface area contributed by atoms with Crippen LogP contribution in [0.25, 0.3) is 0 Å². The Kier molecular flexibility index (Phi) is 4.79. The molecule has 1 aromatic heterocycles. The summed E-state index contributed by atoms with van der Waals surface area (Å²) in [5.41, 5.74) is 1.04. The lowest BCUT2D eigenvalue weighted by molar-refractivity contribution is 0.242. The number of rotatable bonds is 6. The SMILES string of the molecule is CCn1nnnc1NCc1ccc(OC(C)C)c(Cl)c1. The first-order valence-electron chi connectivity index (χ1n) is 6.55. The van der Waals surface area contributed by atoms with Gasteiger partial charge in [0.2, 0.25) is 5.95 Å². The van der Waals surface area contributed by atoms with E-state index in [2.05, 4.69) is 20.8 Å². The lowest BCUT2D eigenvalue weighted by atomic mass is 10.2. The lowest BCUT2D eigenvalue weighted by Gasteiger charge is -2.12. The van der Waals surface area contributed by atoms with Gasteiger partial charge in [0.15, 0.2) is 0 Å². The van der Waals surface area contributed by atoms with E-state index in [4.69, 9.17) is 16.3 Å². The number of nitrogens with one attached hydrogen (secondary N) is 1. The molecule has 0 amide bonds. The van der Waals surface area contributed by atoms with Crippen LogP contribution in [-0.2, 0) is 13.1 Å². The van der Waals surface area contributed by atoms with Crippen molar-refractivity contribution in [2.75, 3.05) is 5.32 Å². The summed E-state index contributed by atoms with van der Waals surface area (Å²) in [6.45, 7) is 7.24. The third-order valence-corrected chi connectivity index (χ3v) is 2.94. The fourth-order valence-corrected chi connectivity index (χ4v) is 1.98. The van der Waals surface area contributed by atoms with Crippen molar-refractivity contribution < 1.29 is 4.74 Å². The molecule has 0 atom stereocenters. The van der Waals surface area contributed by atoms with Gasteiger partial charge in [-0.3, -0.25) is 0 Å². The number of aryl methyl sites for hydroxylation is 1. The second-order valence-corrected chi connectivity index (χ2v) is 5.01. The van der Waals surface area contributed by atoms with Gasteiger partial charge in [-0.1, -0.05) is 22.8 Å². The number of hydrogen-bond acceptors (Lipinski definition) is 5. The summed E-state index contributed by atoms with van der Waals surface area (Å²) >= 11 is 6.19. The molecule has 0 aliphatic carbocycles. The Morgan fingerprint density at radius 2 is 2.20 bits per heavy atom. The van der Waals surface area contributed by atoms with Crippen LogP contribution in [0.15, 0.2) is 18.2 Å². The minimum atomic E-state index is 0.102. The van der Waals surface area contributed by atoms with Crippen molar-refractivity contribution in [2.24, 2.45) is 0 Å². The molecule has 6 nitrogen and oxygen atoms in total. The molecule has 1 aromatic carbocycles. The van der Waals surface area contributed by atoms with E-state index in [9.17, 15) is 0 Å². The van der Waals surface area contributed by atoms with E-state index in [1.807, 2.05) is 39.0 Å². The predicted octanol–water partition coefficient (Wildman–Crippen LogP) is 2.75. The van der Waals surface area contributed by atoms with Crippen LogP contribution >= 0.6 is 11.6 Å². The first-order chi connectivity index (χ1) is 9.60. The van der Waals surface area contributed by atoms with Crippen LogP contribution in [0.3, 0.4) is 0 Å². The number of ether oxygens (including phenoxy) is 1. The van der Waals surface area contributed by atoms with Crippen LogP contribution in [0.1, 0.15) is 26.3 Å². The quantitative estimate of drug-likeness (QED) is 0.887. The molecule has 0 saturated heterocycles. The smallest absolute Gasteiger partial charge is 0.243 e. The van der Waals surface area contributed by atoms with Crippen molar-refractivity contribution in [3.05, 3.63) is 28.8 Å². The molecule has 2 aromatic rings. The highest BCUT2D eigenvalue weighted by Crippen LogP contribution is 2.26. The molecular weight excluding hydrogens is 278 g/mol. The summed E-state index contributed by atoms with van der Waals surface area (Å²) in [6, 6.07) is 5.73. The highest BCUT2D eigenvalue weighted by atomic mass is 35.5. The molecule has 0 aliphatic heterocycles. The van der Waals surface area contributed by atoms with Crippen LogP contribution in [0, 0.1) is 0 Å². The topological polar surface area (TPSA) is 64.9 Å². The van der Waals surface area contributed by atoms with Gasteiger partial charge < -0.3 is 10.1 Å². The molecule has 2 rings (SSSR count). The maximum atomic E-state index is 6.19. The van der Waals surface area contributed by atoms with Gasteiger partial charge in [-0.05, 0) is 48.9 Å². The Hall–Kier alpha value is -1.82. The Morgan fingerprint density at radius 1 is 1.40 bits per heavy atom. The van der Waals surface area contributed by atoms with E-state index in [0.29, 0.717) is 23.3 Å². The van der Waals surface area contributed by atoms with E-state index in [1.54, 1.807) is 4.68 Å². The minimum Gasteiger partial charge on any atom is -0.489 e. The first-order valence-corrected chi connectivity index (χ1v) is 6.93. The van der Waals surface area contributed by atoms with Gasteiger partial charge in [-0.25, -0.2) is 4.68 Å². The number of hydrogen-bond donors (Lipinski definition) is 1. The van der Waals surface area contributed by atoms with Crippen LogP contribution in [0.4, 0.5) is 5.95 Å². The summed E-state index contributed by atoms with van der Waals surface area (Å²) in [6.07, 6.45) is 0.102. The van der Waals surface area contributed by atoms with Gasteiger partial charge >= 0.3 is 0 Å². The van der Waals surface area contributed by atoms with Crippen LogP contribution in [0.5, 0.6) is 5.75 Å². The highest BCUT2D eigenvalue weighted by Gasteiger charge is 2.07. The Balaban J connectivity index is 2.02. The second-order valence-electron chi connectivity index (χ2n) is 4.60. The summed E-state index contributed by atoms with van der Waals surface area (Å²) < 4.78 is 7.29. The first kappa shape index (κ1) is 14.6. The third kappa shape index (κ3) is 3.60. The van der Waals surface area contributed by atoms with Crippen molar-refractivity contribution in [1.29, 1.82) is 0 Å². The molecule has 20 heavy (non-hydrogen) atoms. The van der Waals surface area contributed by atoms with Crippen molar-refractivity contribution in [2.45, 2.75) is 40.0 Å². The van der Waals surface area contributed by atoms with Crippen molar-refractivity contribution in [1.82, 2.24) is 20.2 Å². The van der Waals surface area contributed by atoms with Crippen LogP contribution in [0.2, 0.25) is 5.02 Å². The molecule has 1 N–H and O–H groups in total. The normalized spacial score (nSPS) is 10.8. The summed E-state index contributed by atoms with van der Waals surface area (Å²) in [7, 11) is 0. The van der Waals surface area contributed by atoms with Gasteiger partial charge in [-0.2, -0.15) is 0 Å². The fourth-order valence-electron chi connectivity index (χ4n) is 1.73. The third-order valence-electron chi connectivity index (χ3n) is 2.64. The molecule has 0 unspecified atom stereocenters. The second kappa shape index (κ2) is 6.56. The molecule has 0 bridgehead atoms. The van der Waals surface area contributed by atoms with Crippen LogP contribution < -0.4 is 10.1 Å². The number of nitrogens with zero attached hydrogens (tertiary/aromatic N) is 4. The van der Waals surface area contributed by atoms with E-state index < -0.39 is 0 Å². The maximum Gasteiger partial charge on any atom is 0.243 e. The minimum absolute atomic E-state index is 0.102. The van der Waals surface area contributed by atoms with Crippen molar-refractivity contribution >= 4 is 17.5 Å². The Labute approximate surface area is 123 Å². The van der Waals surface area contributed by atoms with Crippen molar-refractivity contribution in [3.63, 3.8) is 0 Å². The highest BCUT2D eigenvalue weighted by molar-refractivity contribution is 6.32. The Morgan fingerprint density at radius 3 is 2.85 bits per heavy atom. The molecule has 0 spiro atoms. The number of halogens is 1. The average molecular weight is 296 g/mol. The number of benzene rings is 1. The molecule has 0 saturated carbocycles. The molecule has 108 valence electrons. The molecular formula is C13H18ClN5O. The van der Waals surface area contributed by atoms with Crippen molar-refractivity contribution in [3.8, 4) is 5.75 Å². The lowest BCUT2D eigenvalue weighted by Crippen LogP contribution is -2.08. The monoisotopic (exact) mass is 295 g/mol. The van der Waals surface area contributed by atoms with Gasteiger partial charge in [0.25, 0.3) is 0 Å². The zero-order valence-electron chi connectivity index (χ0n) is 11.8. The van der Waals surface area contributed by atoms with Gasteiger partial charge in [0.05, 0.1) is 11.1 Å². The number of tetrazole rings is 1. The number of anilines is 1. The molecule has 0 fully saturated rings. The zero-order chi connectivity index (χ0) is 14.5. The summed E-state index contributed by atoms with van der Waals surface area (Å²) in [4.78, 5) is 0. The van der Waals surface area contributed by atoms with E-state index in [-0.39, 0.29) is 6.10 Å². The summed E-state index contributed by atoms with van der Waals surface area (Å²) in [5, 5.41) is 15.2. The fraction of sp³-hybridized carbons (Fsp3) is 0.462.